The summed E-state index contributed by atoms with van der Waals surface area (Å²) < 4.78 is 15.8. The van der Waals surface area contributed by atoms with Crippen LogP contribution in [0.5, 0.6) is 0 Å². The molecule has 5 heteroatoms. The average Bonchev–Trinajstić information content (AvgIpc) is 2.15. The molecule has 0 amide bonds. The molecule has 1 heterocycles. The molecule has 1 rings (SSSR count). The molecule has 14 heavy (non-hydrogen) atoms. The zero-order valence-electron chi connectivity index (χ0n) is 8.69. The fourth-order valence-electron chi connectivity index (χ4n) is 1.47. The summed E-state index contributed by atoms with van der Waals surface area (Å²) in [7, 11) is 0.667. The molecule has 82 valence electrons. The summed E-state index contributed by atoms with van der Waals surface area (Å²) in [6, 6.07) is -0.0890. The molecule has 0 bridgehead atoms. The molecule has 1 aliphatic heterocycles. The molecular formula is C9H17NO3S. The molecule has 1 aliphatic rings. The Morgan fingerprint density at radius 3 is 2.79 bits per heavy atom. The van der Waals surface area contributed by atoms with Crippen molar-refractivity contribution in [1.29, 1.82) is 0 Å². The van der Waals surface area contributed by atoms with Crippen molar-refractivity contribution < 1.29 is 13.7 Å². The van der Waals surface area contributed by atoms with E-state index in [0.29, 0.717) is 11.5 Å². The van der Waals surface area contributed by atoms with Crippen molar-refractivity contribution in [2.45, 2.75) is 19.4 Å². The summed E-state index contributed by atoms with van der Waals surface area (Å²) in [5.41, 5.74) is 0. The van der Waals surface area contributed by atoms with Crippen molar-refractivity contribution in [1.82, 2.24) is 4.90 Å². The summed E-state index contributed by atoms with van der Waals surface area (Å²) in [4.78, 5) is 13.2. The number of rotatable bonds is 5. The number of nitrogens with zero attached hydrogens (tertiary/aromatic N) is 1. The van der Waals surface area contributed by atoms with Crippen LogP contribution in [0.1, 0.15) is 13.3 Å². The van der Waals surface area contributed by atoms with Crippen molar-refractivity contribution >= 4 is 16.8 Å². The third kappa shape index (κ3) is 2.78. The molecular weight excluding hydrogens is 202 g/mol. The van der Waals surface area contributed by atoms with Crippen molar-refractivity contribution in [2.75, 3.05) is 31.7 Å². The SMILES string of the molecule is CCS(=O)CCN1CCC1C(=O)OC. The van der Waals surface area contributed by atoms with E-state index in [9.17, 15) is 9.00 Å². The summed E-state index contributed by atoms with van der Waals surface area (Å²) in [5, 5.41) is 0. The second kappa shape index (κ2) is 5.46. The Bertz CT molecular complexity index is 232. The highest BCUT2D eigenvalue weighted by atomic mass is 32.2. The molecule has 0 N–H and O–H groups in total. The molecule has 0 spiro atoms. The van der Waals surface area contributed by atoms with E-state index in [0.717, 1.165) is 19.5 Å². The molecule has 0 radical (unpaired) electrons. The largest absolute Gasteiger partial charge is 0.468 e. The van der Waals surface area contributed by atoms with E-state index in [1.807, 2.05) is 11.8 Å². The highest BCUT2D eigenvalue weighted by Gasteiger charge is 2.34. The Labute approximate surface area is 87.1 Å². The fraction of sp³-hybridized carbons (Fsp3) is 0.889. The van der Waals surface area contributed by atoms with Gasteiger partial charge in [0, 0.05) is 35.4 Å². The average molecular weight is 219 g/mol. The van der Waals surface area contributed by atoms with Crippen LogP contribution in [0.2, 0.25) is 0 Å². The third-order valence-electron chi connectivity index (χ3n) is 2.53. The molecule has 2 unspecified atom stereocenters. The molecule has 1 fully saturated rings. The van der Waals surface area contributed by atoms with E-state index in [1.165, 1.54) is 7.11 Å². The second-order valence-corrected chi connectivity index (χ2v) is 5.16. The minimum Gasteiger partial charge on any atom is -0.468 e. The van der Waals surface area contributed by atoms with Gasteiger partial charge in [-0.15, -0.1) is 0 Å². The standard InChI is InChI=1S/C9H17NO3S/c1-3-14(12)7-6-10-5-4-8(10)9(11)13-2/h8H,3-7H2,1-2H3. The van der Waals surface area contributed by atoms with Gasteiger partial charge in [-0.2, -0.15) is 0 Å². The summed E-state index contributed by atoms with van der Waals surface area (Å²) in [5.74, 6) is 1.18. The van der Waals surface area contributed by atoms with Gasteiger partial charge < -0.3 is 4.74 Å². The Morgan fingerprint density at radius 1 is 1.64 bits per heavy atom. The normalized spacial score (nSPS) is 24.0. The van der Waals surface area contributed by atoms with Gasteiger partial charge in [0.1, 0.15) is 6.04 Å². The quantitative estimate of drug-likeness (QED) is 0.611. The van der Waals surface area contributed by atoms with Gasteiger partial charge in [0.15, 0.2) is 0 Å². The molecule has 0 aromatic carbocycles. The van der Waals surface area contributed by atoms with Gasteiger partial charge in [-0.1, -0.05) is 6.92 Å². The van der Waals surface area contributed by atoms with Gasteiger partial charge >= 0.3 is 5.97 Å². The lowest BCUT2D eigenvalue weighted by atomic mass is 10.0. The van der Waals surface area contributed by atoms with Gasteiger partial charge in [-0.3, -0.25) is 13.9 Å². The van der Waals surface area contributed by atoms with Crippen LogP contribution < -0.4 is 0 Å². The predicted molar refractivity (Wildman–Crippen MR) is 55.5 cm³/mol. The van der Waals surface area contributed by atoms with Crippen molar-refractivity contribution in [3.63, 3.8) is 0 Å². The first-order chi connectivity index (χ1) is 6.69. The number of methoxy groups -OCH3 is 1. The maximum atomic E-state index is 11.2. The second-order valence-electron chi connectivity index (χ2n) is 3.30. The lowest BCUT2D eigenvalue weighted by molar-refractivity contribution is -0.151. The number of esters is 1. The zero-order valence-corrected chi connectivity index (χ0v) is 9.51. The van der Waals surface area contributed by atoms with E-state index < -0.39 is 10.8 Å². The number of likely N-dealkylation sites (tertiary alicyclic amines) is 1. The molecule has 0 aliphatic carbocycles. The first-order valence-corrected chi connectivity index (χ1v) is 6.34. The zero-order chi connectivity index (χ0) is 10.6. The number of carbonyl (C=O) groups is 1. The van der Waals surface area contributed by atoms with E-state index in [-0.39, 0.29) is 12.0 Å². The van der Waals surface area contributed by atoms with Crippen molar-refractivity contribution in [2.24, 2.45) is 0 Å². The number of hydrogen-bond donors (Lipinski definition) is 0. The first-order valence-electron chi connectivity index (χ1n) is 4.86. The van der Waals surface area contributed by atoms with Crippen LogP contribution >= 0.6 is 0 Å². The van der Waals surface area contributed by atoms with Crippen LogP contribution in [-0.2, 0) is 20.3 Å². The molecule has 0 saturated carbocycles. The van der Waals surface area contributed by atoms with Gasteiger partial charge in [0.25, 0.3) is 0 Å². The molecule has 4 nitrogen and oxygen atoms in total. The smallest absolute Gasteiger partial charge is 0.323 e. The van der Waals surface area contributed by atoms with Crippen LogP contribution in [0.3, 0.4) is 0 Å². The molecule has 1 saturated heterocycles. The first kappa shape index (κ1) is 11.7. The summed E-state index contributed by atoms with van der Waals surface area (Å²) >= 11 is 0. The van der Waals surface area contributed by atoms with E-state index >= 15 is 0 Å². The van der Waals surface area contributed by atoms with Crippen molar-refractivity contribution in [3.05, 3.63) is 0 Å². The number of ether oxygens (including phenoxy) is 1. The van der Waals surface area contributed by atoms with Crippen LogP contribution in [-0.4, -0.2) is 52.8 Å². The van der Waals surface area contributed by atoms with Crippen LogP contribution in [0.15, 0.2) is 0 Å². The Morgan fingerprint density at radius 2 is 2.36 bits per heavy atom. The summed E-state index contributed by atoms with van der Waals surface area (Å²) in [6.45, 7) is 3.56. The molecule has 0 aromatic heterocycles. The number of hydrogen-bond acceptors (Lipinski definition) is 4. The van der Waals surface area contributed by atoms with Gasteiger partial charge in [-0.25, -0.2) is 0 Å². The van der Waals surface area contributed by atoms with Gasteiger partial charge in [0.2, 0.25) is 0 Å². The van der Waals surface area contributed by atoms with Crippen molar-refractivity contribution in [3.8, 4) is 0 Å². The van der Waals surface area contributed by atoms with E-state index in [4.69, 9.17) is 0 Å². The highest BCUT2D eigenvalue weighted by molar-refractivity contribution is 7.84. The third-order valence-corrected chi connectivity index (χ3v) is 3.81. The highest BCUT2D eigenvalue weighted by Crippen LogP contribution is 2.17. The monoisotopic (exact) mass is 219 g/mol. The Balaban J connectivity index is 2.26. The van der Waals surface area contributed by atoms with E-state index in [1.54, 1.807) is 0 Å². The topological polar surface area (TPSA) is 46.6 Å². The molecule has 2 atom stereocenters. The maximum absolute atomic E-state index is 11.2. The maximum Gasteiger partial charge on any atom is 0.323 e. The van der Waals surface area contributed by atoms with Crippen LogP contribution in [0, 0.1) is 0 Å². The van der Waals surface area contributed by atoms with Gasteiger partial charge in [-0.05, 0) is 6.42 Å². The van der Waals surface area contributed by atoms with Crippen LogP contribution in [0.25, 0.3) is 0 Å². The predicted octanol–water partition coefficient (Wildman–Crippen LogP) is 0.00230. The summed E-state index contributed by atoms with van der Waals surface area (Å²) in [6.07, 6.45) is 0.867. The lowest BCUT2D eigenvalue weighted by Crippen LogP contribution is -2.53. The van der Waals surface area contributed by atoms with Crippen LogP contribution in [0.4, 0.5) is 0 Å². The minimum atomic E-state index is -0.739. The van der Waals surface area contributed by atoms with E-state index in [2.05, 4.69) is 4.74 Å². The fourth-order valence-corrected chi connectivity index (χ4v) is 2.20. The number of carbonyl (C=O) groups excluding carboxylic acids is 1. The Kier molecular flexibility index (Phi) is 4.54. The minimum absolute atomic E-state index is 0.0890. The van der Waals surface area contributed by atoms with Gasteiger partial charge in [0.05, 0.1) is 7.11 Å². The Hall–Kier alpha value is -0.420. The molecule has 0 aromatic rings. The lowest BCUT2D eigenvalue weighted by Gasteiger charge is -2.38.